The highest BCUT2D eigenvalue weighted by Crippen LogP contribution is 2.44. The lowest BCUT2D eigenvalue weighted by molar-refractivity contribution is 0.108. The van der Waals surface area contributed by atoms with Gasteiger partial charge < -0.3 is 15.3 Å². The Kier molecular flexibility index (Phi) is 5.49. The molecule has 2 aromatic carbocycles. The van der Waals surface area contributed by atoms with E-state index in [1.54, 1.807) is 12.3 Å². The highest BCUT2D eigenvalue weighted by atomic mass is 32.1. The van der Waals surface area contributed by atoms with E-state index in [1.165, 1.54) is 23.7 Å². The van der Waals surface area contributed by atoms with Gasteiger partial charge in [-0.15, -0.1) is 0 Å². The summed E-state index contributed by atoms with van der Waals surface area (Å²) in [7, 11) is 0. The molecule has 1 fully saturated rings. The third-order valence-electron chi connectivity index (χ3n) is 7.45. The van der Waals surface area contributed by atoms with Gasteiger partial charge in [0.1, 0.15) is 11.6 Å². The Labute approximate surface area is 221 Å². The van der Waals surface area contributed by atoms with Crippen LogP contribution in [0.2, 0.25) is 0 Å². The summed E-state index contributed by atoms with van der Waals surface area (Å²) in [5.41, 5.74) is 11.0. The smallest absolute Gasteiger partial charge is 0.177 e. The zero-order chi connectivity index (χ0) is 25.8. The third kappa shape index (κ3) is 3.86. The molecule has 7 rings (SSSR count). The van der Waals surface area contributed by atoms with E-state index < -0.39 is 0 Å². The van der Waals surface area contributed by atoms with E-state index in [-0.39, 0.29) is 18.0 Å². The second kappa shape index (κ2) is 9.04. The molecule has 1 aliphatic carbocycles. The maximum Gasteiger partial charge on any atom is 0.177 e. The summed E-state index contributed by atoms with van der Waals surface area (Å²) in [5, 5.41) is 16.3. The Morgan fingerprint density at radius 2 is 1.87 bits per heavy atom. The van der Waals surface area contributed by atoms with Gasteiger partial charge in [-0.25, -0.2) is 9.37 Å². The van der Waals surface area contributed by atoms with Crippen molar-refractivity contribution in [2.75, 3.05) is 5.73 Å². The van der Waals surface area contributed by atoms with Crippen LogP contribution in [0.1, 0.15) is 31.7 Å². The van der Waals surface area contributed by atoms with Gasteiger partial charge in [0.25, 0.3) is 0 Å². The molecule has 3 N–H and O–H groups in total. The normalized spacial score (nSPS) is 17.9. The van der Waals surface area contributed by atoms with E-state index in [0.717, 1.165) is 69.0 Å². The van der Waals surface area contributed by atoms with Crippen LogP contribution in [0.15, 0.2) is 71.7 Å². The Morgan fingerprint density at radius 3 is 2.71 bits per heavy atom. The fraction of sp³-hybridized carbons (Fsp3) is 0.207. The van der Waals surface area contributed by atoms with Crippen LogP contribution < -0.4 is 5.73 Å². The predicted molar refractivity (Wildman–Crippen MR) is 147 cm³/mol. The number of furan rings is 1. The van der Waals surface area contributed by atoms with Crippen molar-refractivity contribution in [1.82, 2.24) is 19.1 Å². The SMILES string of the molecule is Nc1ncc(-c2cnn(C3CCC(O)CC3)c2)c2cc(-c3c(-c4cccc(F)c4)ccc4cnsc34)oc12. The van der Waals surface area contributed by atoms with Gasteiger partial charge >= 0.3 is 0 Å². The number of nitrogen functional groups attached to an aromatic ring is 1. The zero-order valence-corrected chi connectivity index (χ0v) is 21.2. The molecule has 0 amide bonds. The van der Waals surface area contributed by atoms with Gasteiger partial charge in [0.05, 0.1) is 23.0 Å². The van der Waals surface area contributed by atoms with E-state index in [0.29, 0.717) is 17.2 Å². The molecule has 6 aromatic rings. The summed E-state index contributed by atoms with van der Waals surface area (Å²) < 4.78 is 27.9. The number of halogens is 1. The molecule has 1 aliphatic rings. The van der Waals surface area contributed by atoms with Gasteiger partial charge in [-0.05, 0) is 66.5 Å². The lowest BCUT2D eigenvalue weighted by atomic mass is 9.93. The van der Waals surface area contributed by atoms with E-state index in [2.05, 4.69) is 14.5 Å². The Bertz CT molecular complexity index is 1800. The summed E-state index contributed by atoms with van der Waals surface area (Å²) in [6, 6.07) is 12.8. The number of aliphatic hydroxyl groups is 1. The number of nitrogens with zero attached hydrogens (tertiary/aromatic N) is 4. The molecular formula is C29H24FN5O2S. The first-order valence-corrected chi connectivity index (χ1v) is 13.4. The summed E-state index contributed by atoms with van der Waals surface area (Å²) in [6.45, 7) is 0. The molecule has 0 atom stereocenters. The van der Waals surface area contributed by atoms with Crippen molar-refractivity contribution >= 4 is 38.4 Å². The Hall–Kier alpha value is -4.08. The second-order valence-electron chi connectivity index (χ2n) is 9.82. The number of pyridine rings is 1. The molecule has 0 bridgehead atoms. The van der Waals surface area contributed by atoms with Crippen molar-refractivity contribution < 1.29 is 13.9 Å². The lowest BCUT2D eigenvalue weighted by Gasteiger charge is -2.25. The van der Waals surface area contributed by atoms with Crippen LogP contribution >= 0.6 is 11.5 Å². The van der Waals surface area contributed by atoms with Crippen LogP contribution in [-0.4, -0.2) is 30.3 Å². The van der Waals surface area contributed by atoms with E-state index in [1.807, 2.05) is 47.5 Å². The van der Waals surface area contributed by atoms with Crippen LogP contribution in [0.3, 0.4) is 0 Å². The molecule has 0 spiro atoms. The highest BCUT2D eigenvalue weighted by Gasteiger charge is 2.24. The monoisotopic (exact) mass is 525 g/mol. The molecule has 4 heterocycles. The number of fused-ring (bicyclic) bond motifs is 2. The maximum absolute atomic E-state index is 14.2. The number of aliphatic hydroxyl groups excluding tert-OH is 1. The molecule has 9 heteroatoms. The van der Waals surface area contributed by atoms with Gasteiger partial charge in [0.15, 0.2) is 11.4 Å². The fourth-order valence-electron chi connectivity index (χ4n) is 5.47. The number of hydrogen-bond donors (Lipinski definition) is 2. The standard InChI is InChI=1S/C29H24FN5O2S/c30-19-3-1-2-16(10-19)22-9-4-17-13-34-38-28(17)26(22)25-11-23-24(14-32-29(31)27(23)37-25)18-12-33-35(15-18)20-5-7-21(36)8-6-20/h1-4,9-15,20-21,36H,5-8H2,(H2,31,32). The molecular weight excluding hydrogens is 501 g/mol. The molecule has 190 valence electrons. The Balaban J connectivity index is 1.38. The second-order valence-corrected chi connectivity index (χ2v) is 10.6. The first kappa shape index (κ1) is 23.1. The topological polar surface area (TPSA) is 103 Å². The average molecular weight is 526 g/mol. The fourth-order valence-corrected chi connectivity index (χ4v) is 6.27. The number of nitrogens with two attached hydrogens (primary N) is 1. The van der Waals surface area contributed by atoms with Crippen molar-refractivity contribution in [2.45, 2.75) is 37.8 Å². The van der Waals surface area contributed by atoms with E-state index in [9.17, 15) is 9.50 Å². The number of anilines is 1. The molecule has 38 heavy (non-hydrogen) atoms. The van der Waals surface area contributed by atoms with Crippen LogP contribution in [0, 0.1) is 5.82 Å². The molecule has 1 saturated carbocycles. The summed E-state index contributed by atoms with van der Waals surface area (Å²) >= 11 is 1.37. The number of aromatic nitrogens is 4. The largest absolute Gasteiger partial charge is 0.452 e. The number of hydrogen-bond acceptors (Lipinski definition) is 7. The average Bonchev–Trinajstić information content (AvgIpc) is 3.69. The van der Waals surface area contributed by atoms with Crippen LogP contribution in [-0.2, 0) is 0 Å². The van der Waals surface area contributed by atoms with Crippen molar-refractivity contribution in [1.29, 1.82) is 0 Å². The van der Waals surface area contributed by atoms with Crippen molar-refractivity contribution in [2.24, 2.45) is 0 Å². The van der Waals surface area contributed by atoms with Gasteiger partial charge in [0, 0.05) is 46.1 Å². The highest BCUT2D eigenvalue weighted by molar-refractivity contribution is 7.14. The van der Waals surface area contributed by atoms with Crippen molar-refractivity contribution in [3.63, 3.8) is 0 Å². The minimum absolute atomic E-state index is 0.216. The van der Waals surface area contributed by atoms with Crippen LogP contribution in [0.5, 0.6) is 0 Å². The maximum atomic E-state index is 14.2. The van der Waals surface area contributed by atoms with E-state index >= 15 is 0 Å². The van der Waals surface area contributed by atoms with Gasteiger partial charge in [-0.1, -0.05) is 24.3 Å². The van der Waals surface area contributed by atoms with Crippen molar-refractivity contribution in [3.8, 4) is 33.6 Å². The molecule has 0 aliphatic heterocycles. The van der Waals surface area contributed by atoms with Gasteiger partial charge in [-0.3, -0.25) is 4.68 Å². The number of rotatable bonds is 4. The summed E-state index contributed by atoms with van der Waals surface area (Å²) in [6.07, 6.45) is 10.6. The summed E-state index contributed by atoms with van der Waals surface area (Å²) in [5.74, 6) is 0.610. The van der Waals surface area contributed by atoms with Crippen LogP contribution in [0.25, 0.3) is 54.6 Å². The summed E-state index contributed by atoms with van der Waals surface area (Å²) in [4.78, 5) is 4.42. The predicted octanol–water partition coefficient (Wildman–Crippen LogP) is 6.83. The first-order chi connectivity index (χ1) is 18.5. The zero-order valence-electron chi connectivity index (χ0n) is 20.3. The third-order valence-corrected chi connectivity index (χ3v) is 8.28. The quantitative estimate of drug-likeness (QED) is 0.261. The lowest BCUT2D eigenvalue weighted by Crippen LogP contribution is -2.21. The molecule has 7 nitrogen and oxygen atoms in total. The van der Waals surface area contributed by atoms with Crippen LogP contribution in [0.4, 0.5) is 10.2 Å². The van der Waals surface area contributed by atoms with Gasteiger partial charge in [0.2, 0.25) is 0 Å². The number of benzene rings is 2. The van der Waals surface area contributed by atoms with E-state index in [4.69, 9.17) is 10.2 Å². The minimum Gasteiger partial charge on any atom is -0.452 e. The Morgan fingerprint density at radius 1 is 1.00 bits per heavy atom. The molecule has 0 saturated heterocycles. The minimum atomic E-state index is -0.303. The first-order valence-electron chi connectivity index (χ1n) is 12.6. The molecule has 0 radical (unpaired) electrons. The van der Waals surface area contributed by atoms with Gasteiger partial charge in [-0.2, -0.15) is 9.47 Å². The molecule has 4 aromatic heterocycles. The van der Waals surface area contributed by atoms with Crippen molar-refractivity contribution in [3.05, 3.63) is 73.1 Å². The molecule has 0 unspecified atom stereocenters.